The summed E-state index contributed by atoms with van der Waals surface area (Å²) in [6.45, 7) is 0.698. The molecule has 80 valence electrons. The van der Waals surface area contributed by atoms with Gasteiger partial charge in [-0.3, -0.25) is 4.79 Å². The molecular formula is C8H10ClN5O. The fourth-order valence-electron chi connectivity index (χ4n) is 1.51. The van der Waals surface area contributed by atoms with Crippen LogP contribution in [0.2, 0.25) is 5.02 Å². The van der Waals surface area contributed by atoms with Crippen molar-refractivity contribution in [2.24, 2.45) is 5.73 Å². The van der Waals surface area contributed by atoms with Crippen LogP contribution in [0, 0.1) is 0 Å². The van der Waals surface area contributed by atoms with Crippen LogP contribution in [0.25, 0.3) is 0 Å². The zero-order valence-corrected chi connectivity index (χ0v) is 8.61. The van der Waals surface area contributed by atoms with Crippen molar-refractivity contribution in [1.82, 2.24) is 9.97 Å². The van der Waals surface area contributed by atoms with Gasteiger partial charge in [0.2, 0.25) is 5.91 Å². The first-order chi connectivity index (χ1) is 7.11. The average Bonchev–Trinajstić information content (AvgIpc) is 2.10. The predicted octanol–water partition coefficient (Wildman–Crippen LogP) is -0.224. The number of anilines is 2. The van der Waals surface area contributed by atoms with Gasteiger partial charge in [0.15, 0.2) is 5.82 Å². The van der Waals surface area contributed by atoms with Gasteiger partial charge in [-0.2, -0.15) is 0 Å². The second-order valence-electron chi connectivity index (χ2n) is 3.30. The summed E-state index contributed by atoms with van der Waals surface area (Å²) in [5.41, 5.74) is 10.7. The van der Waals surface area contributed by atoms with Crippen molar-refractivity contribution in [3.05, 3.63) is 11.3 Å². The summed E-state index contributed by atoms with van der Waals surface area (Å²) >= 11 is 5.93. The molecule has 1 aliphatic rings. The predicted molar refractivity (Wildman–Crippen MR) is 56.4 cm³/mol. The quantitative estimate of drug-likeness (QED) is 0.728. The molecule has 0 saturated carbocycles. The van der Waals surface area contributed by atoms with E-state index >= 15 is 0 Å². The Kier molecular flexibility index (Phi) is 2.36. The average molecular weight is 228 g/mol. The summed E-state index contributed by atoms with van der Waals surface area (Å²) in [6, 6.07) is -0.336. The lowest BCUT2D eigenvalue weighted by atomic mass is 10.0. The Morgan fingerprint density at radius 3 is 2.87 bits per heavy atom. The van der Waals surface area contributed by atoms with E-state index in [-0.39, 0.29) is 22.8 Å². The molecular weight excluding hydrogens is 218 g/mol. The van der Waals surface area contributed by atoms with Gasteiger partial charge in [0.05, 0.1) is 0 Å². The second kappa shape index (κ2) is 3.54. The smallest absolute Gasteiger partial charge is 0.240 e. The number of aromatic nitrogens is 2. The second-order valence-corrected chi connectivity index (χ2v) is 3.67. The molecule has 4 N–H and O–H groups in total. The minimum atomic E-state index is -0.380. The molecule has 0 radical (unpaired) electrons. The van der Waals surface area contributed by atoms with Crippen LogP contribution in [0.5, 0.6) is 0 Å². The Bertz CT molecular complexity index is 410. The van der Waals surface area contributed by atoms with Crippen LogP contribution >= 0.6 is 11.6 Å². The summed E-state index contributed by atoms with van der Waals surface area (Å²) in [6.07, 6.45) is 2.03. The maximum absolute atomic E-state index is 11.0. The highest BCUT2D eigenvalue weighted by atomic mass is 35.5. The van der Waals surface area contributed by atoms with Crippen molar-refractivity contribution in [2.75, 3.05) is 17.2 Å². The molecule has 1 aromatic heterocycles. The molecule has 2 rings (SSSR count). The largest absolute Gasteiger partial charge is 0.382 e. The molecule has 15 heavy (non-hydrogen) atoms. The third-order valence-electron chi connectivity index (χ3n) is 2.42. The van der Waals surface area contributed by atoms with Gasteiger partial charge in [0.25, 0.3) is 0 Å². The van der Waals surface area contributed by atoms with E-state index in [0.717, 1.165) is 6.42 Å². The third-order valence-corrected chi connectivity index (χ3v) is 2.78. The lowest BCUT2D eigenvalue weighted by molar-refractivity contribution is -0.120. The summed E-state index contributed by atoms with van der Waals surface area (Å²) < 4.78 is 0. The molecule has 2 heterocycles. The Labute approximate surface area is 91.2 Å². The maximum Gasteiger partial charge on any atom is 0.240 e. The molecule has 1 fully saturated rings. The highest BCUT2D eigenvalue weighted by Gasteiger charge is 2.35. The zero-order chi connectivity index (χ0) is 11.0. The Hall–Kier alpha value is -1.56. The molecule has 1 aliphatic heterocycles. The van der Waals surface area contributed by atoms with Crippen LogP contribution < -0.4 is 16.4 Å². The van der Waals surface area contributed by atoms with Gasteiger partial charge in [-0.05, 0) is 6.42 Å². The number of amides is 1. The number of nitrogens with two attached hydrogens (primary N) is 2. The molecule has 1 amide bonds. The van der Waals surface area contributed by atoms with E-state index in [9.17, 15) is 4.79 Å². The lowest BCUT2D eigenvalue weighted by Crippen LogP contribution is -2.55. The van der Waals surface area contributed by atoms with Gasteiger partial charge < -0.3 is 16.4 Å². The molecule has 0 bridgehead atoms. The SMILES string of the molecule is NC(=O)C1CCN1c1ncnc(N)c1Cl. The van der Waals surface area contributed by atoms with Gasteiger partial charge in [-0.15, -0.1) is 0 Å². The first-order valence-electron chi connectivity index (χ1n) is 4.43. The summed E-state index contributed by atoms with van der Waals surface area (Å²) in [4.78, 5) is 20.5. The number of nitrogens with zero attached hydrogens (tertiary/aromatic N) is 3. The molecule has 1 unspecified atom stereocenters. The van der Waals surface area contributed by atoms with E-state index in [1.54, 1.807) is 4.90 Å². The normalized spacial score (nSPS) is 19.8. The molecule has 0 aromatic carbocycles. The summed E-state index contributed by atoms with van der Waals surface area (Å²) in [5, 5.41) is 0.267. The van der Waals surface area contributed by atoms with Gasteiger partial charge in [0.1, 0.15) is 23.2 Å². The number of hydrogen-bond acceptors (Lipinski definition) is 5. The number of hydrogen-bond donors (Lipinski definition) is 2. The fourth-order valence-corrected chi connectivity index (χ4v) is 1.72. The van der Waals surface area contributed by atoms with Gasteiger partial charge >= 0.3 is 0 Å². The molecule has 0 spiro atoms. The molecule has 1 aromatic rings. The van der Waals surface area contributed by atoms with Crippen LogP contribution in [0.3, 0.4) is 0 Å². The number of primary amides is 1. The Morgan fingerprint density at radius 1 is 1.60 bits per heavy atom. The van der Waals surface area contributed by atoms with Crippen LogP contribution in [0.4, 0.5) is 11.6 Å². The Balaban J connectivity index is 2.31. The van der Waals surface area contributed by atoms with Crippen LogP contribution in [-0.2, 0) is 4.79 Å². The number of rotatable bonds is 2. The minimum absolute atomic E-state index is 0.205. The number of carbonyl (C=O) groups is 1. The number of nitrogen functional groups attached to an aromatic ring is 1. The molecule has 7 heteroatoms. The highest BCUT2D eigenvalue weighted by molar-refractivity contribution is 6.35. The third kappa shape index (κ3) is 1.56. The zero-order valence-electron chi connectivity index (χ0n) is 7.85. The van der Waals surface area contributed by atoms with E-state index in [1.165, 1.54) is 6.33 Å². The van der Waals surface area contributed by atoms with Crippen molar-refractivity contribution in [1.29, 1.82) is 0 Å². The van der Waals surface area contributed by atoms with Crippen molar-refractivity contribution < 1.29 is 4.79 Å². The standard InChI is InChI=1S/C8H10ClN5O/c9-5-6(10)12-3-13-8(5)14-2-1-4(14)7(11)15/h3-4H,1-2H2,(H2,11,15)(H2,10,12,13). The van der Waals surface area contributed by atoms with E-state index in [2.05, 4.69) is 9.97 Å². The van der Waals surface area contributed by atoms with E-state index in [1.807, 2.05) is 0 Å². The van der Waals surface area contributed by atoms with Crippen molar-refractivity contribution in [2.45, 2.75) is 12.5 Å². The number of carbonyl (C=O) groups excluding carboxylic acids is 1. The van der Waals surface area contributed by atoms with E-state index in [0.29, 0.717) is 12.4 Å². The first kappa shape index (κ1) is 9.97. The summed E-state index contributed by atoms with van der Waals surface area (Å²) in [5.74, 6) is 0.297. The van der Waals surface area contributed by atoms with Crippen molar-refractivity contribution in [3.63, 3.8) is 0 Å². The first-order valence-corrected chi connectivity index (χ1v) is 4.81. The van der Waals surface area contributed by atoms with Gasteiger partial charge in [-0.1, -0.05) is 11.6 Å². The van der Waals surface area contributed by atoms with Crippen LogP contribution in [0.1, 0.15) is 6.42 Å². The Morgan fingerprint density at radius 2 is 2.33 bits per heavy atom. The molecule has 1 atom stereocenters. The highest BCUT2D eigenvalue weighted by Crippen LogP contribution is 2.32. The molecule has 1 saturated heterocycles. The summed E-state index contributed by atoms with van der Waals surface area (Å²) in [7, 11) is 0. The minimum Gasteiger partial charge on any atom is -0.382 e. The number of halogens is 1. The lowest BCUT2D eigenvalue weighted by Gasteiger charge is -2.39. The monoisotopic (exact) mass is 227 g/mol. The fraction of sp³-hybridized carbons (Fsp3) is 0.375. The van der Waals surface area contributed by atoms with Crippen molar-refractivity contribution >= 4 is 29.1 Å². The maximum atomic E-state index is 11.0. The van der Waals surface area contributed by atoms with Crippen molar-refractivity contribution in [3.8, 4) is 0 Å². The molecule has 0 aliphatic carbocycles. The van der Waals surface area contributed by atoms with E-state index < -0.39 is 0 Å². The topological polar surface area (TPSA) is 98.1 Å². The van der Waals surface area contributed by atoms with E-state index in [4.69, 9.17) is 23.1 Å². The van der Waals surface area contributed by atoms with Crippen LogP contribution in [-0.4, -0.2) is 28.5 Å². The van der Waals surface area contributed by atoms with Gasteiger partial charge in [0, 0.05) is 6.54 Å². The van der Waals surface area contributed by atoms with Gasteiger partial charge in [-0.25, -0.2) is 9.97 Å². The van der Waals surface area contributed by atoms with Crippen LogP contribution in [0.15, 0.2) is 6.33 Å². The molecule has 6 nitrogen and oxygen atoms in total.